The van der Waals surface area contributed by atoms with Crippen molar-refractivity contribution in [1.82, 2.24) is 0 Å². The van der Waals surface area contributed by atoms with E-state index in [1.165, 1.54) is 27.8 Å². The summed E-state index contributed by atoms with van der Waals surface area (Å²) in [6, 6.07) is 14.7. The Morgan fingerprint density at radius 2 is 1.40 bits per heavy atom. The topological polar surface area (TPSA) is 18.5 Å². The monoisotopic (exact) mass is 512 g/mol. The second kappa shape index (κ2) is 11.7. The minimum Gasteiger partial charge on any atom is -0.496 e. The average Bonchev–Trinajstić information content (AvgIpc) is 2.82. The van der Waals surface area contributed by atoms with Crippen LogP contribution in [0.3, 0.4) is 0 Å². The number of rotatable bonds is 9. The van der Waals surface area contributed by atoms with Crippen molar-refractivity contribution in [1.29, 1.82) is 0 Å². The summed E-state index contributed by atoms with van der Waals surface area (Å²) in [6.45, 7) is 13.1. The number of halogens is 2. The normalized spacial score (nSPS) is 13.1. The van der Waals surface area contributed by atoms with E-state index in [1.54, 1.807) is 14.2 Å². The quantitative estimate of drug-likeness (QED) is 0.284. The molecule has 0 aliphatic heterocycles. The first-order valence-corrected chi connectivity index (χ1v) is 13.1. The fourth-order valence-electron chi connectivity index (χ4n) is 5.23. The Kier molecular flexibility index (Phi) is 9.18. The smallest absolute Gasteiger partial charge is 0.129 e. The molecule has 0 aliphatic carbocycles. The molecule has 0 spiro atoms. The van der Waals surface area contributed by atoms with Crippen LogP contribution in [0.25, 0.3) is 0 Å². The lowest BCUT2D eigenvalue weighted by Gasteiger charge is -2.23. The van der Waals surface area contributed by atoms with E-state index in [-0.39, 0.29) is 5.92 Å². The minimum atomic E-state index is 0.288. The molecule has 2 nitrogen and oxygen atoms in total. The van der Waals surface area contributed by atoms with Gasteiger partial charge in [-0.1, -0.05) is 75.2 Å². The third-order valence-electron chi connectivity index (χ3n) is 7.10. The molecule has 0 aromatic heterocycles. The Balaban J connectivity index is 1.87. The van der Waals surface area contributed by atoms with Crippen molar-refractivity contribution in [2.24, 2.45) is 0 Å². The van der Waals surface area contributed by atoms with Gasteiger partial charge in [0.15, 0.2) is 0 Å². The lowest BCUT2D eigenvalue weighted by atomic mass is 9.86. The van der Waals surface area contributed by atoms with Gasteiger partial charge in [-0.25, -0.2) is 0 Å². The molecule has 0 fully saturated rings. The summed E-state index contributed by atoms with van der Waals surface area (Å²) in [5.41, 5.74) is 8.45. The van der Waals surface area contributed by atoms with Crippen molar-refractivity contribution in [3.05, 3.63) is 91.5 Å². The molecule has 35 heavy (non-hydrogen) atoms. The predicted octanol–water partition coefficient (Wildman–Crippen LogP) is 9.44. The average molecular weight is 514 g/mol. The van der Waals surface area contributed by atoms with Gasteiger partial charge in [0.2, 0.25) is 0 Å². The lowest BCUT2D eigenvalue weighted by molar-refractivity contribution is 0.378. The van der Waals surface area contributed by atoms with Gasteiger partial charge in [0.1, 0.15) is 11.5 Å². The number of hydrogen-bond donors (Lipinski definition) is 0. The molecular weight excluding hydrogens is 475 g/mol. The van der Waals surface area contributed by atoms with E-state index >= 15 is 0 Å². The maximum atomic E-state index is 6.85. The van der Waals surface area contributed by atoms with E-state index in [1.807, 2.05) is 12.1 Å². The summed E-state index contributed by atoms with van der Waals surface area (Å²) in [4.78, 5) is 0. The third kappa shape index (κ3) is 5.98. The van der Waals surface area contributed by atoms with Crippen molar-refractivity contribution >= 4 is 23.2 Å². The van der Waals surface area contributed by atoms with Crippen LogP contribution < -0.4 is 9.47 Å². The molecule has 0 bridgehead atoms. The highest BCUT2D eigenvalue weighted by Gasteiger charge is 2.21. The molecule has 0 N–H and O–H groups in total. The van der Waals surface area contributed by atoms with E-state index in [0.717, 1.165) is 45.5 Å². The summed E-state index contributed by atoms with van der Waals surface area (Å²) < 4.78 is 11.5. The molecule has 0 amide bonds. The Hall–Kier alpha value is -2.16. The fourth-order valence-corrected chi connectivity index (χ4v) is 5.67. The van der Waals surface area contributed by atoms with Crippen molar-refractivity contribution in [2.45, 2.75) is 72.1 Å². The maximum absolute atomic E-state index is 6.85. The van der Waals surface area contributed by atoms with Crippen molar-refractivity contribution in [2.75, 3.05) is 14.2 Å². The van der Waals surface area contributed by atoms with Gasteiger partial charge >= 0.3 is 0 Å². The van der Waals surface area contributed by atoms with Crippen molar-refractivity contribution in [3.63, 3.8) is 0 Å². The molecule has 0 heterocycles. The number of aryl methyl sites for hydroxylation is 1. The molecule has 2 atom stereocenters. The summed E-state index contributed by atoms with van der Waals surface area (Å²) in [7, 11) is 3.46. The Bertz CT molecular complexity index is 1180. The molecule has 0 aliphatic rings. The molecule has 0 saturated heterocycles. The van der Waals surface area contributed by atoms with Crippen molar-refractivity contribution < 1.29 is 9.47 Å². The second-order valence-electron chi connectivity index (χ2n) is 9.99. The molecular formula is C31H38Cl2O2. The van der Waals surface area contributed by atoms with E-state index in [2.05, 4.69) is 71.9 Å². The Morgan fingerprint density at radius 3 is 2.03 bits per heavy atom. The SMILES string of the molecule is COc1ccc(CC(C)c2cc(Cl)c(CC(C)c3cccc(Cl)c3C)cc2C)c(OC)c1C(C)C. The second-order valence-corrected chi connectivity index (χ2v) is 10.8. The van der Waals surface area contributed by atoms with Crippen LogP contribution >= 0.6 is 23.2 Å². The zero-order valence-corrected chi connectivity index (χ0v) is 23.8. The first-order chi connectivity index (χ1) is 16.6. The highest BCUT2D eigenvalue weighted by Crippen LogP contribution is 2.40. The van der Waals surface area contributed by atoms with Gasteiger partial charge < -0.3 is 9.47 Å². The van der Waals surface area contributed by atoms with Crippen LogP contribution in [0.15, 0.2) is 42.5 Å². The van der Waals surface area contributed by atoms with Crippen LogP contribution in [0.5, 0.6) is 11.5 Å². The van der Waals surface area contributed by atoms with Crippen LogP contribution in [-0.2, 0) is 12.8 Å². The molecule has 3 rings (SSSR count). The van der Waals surface area contributed by atoms with Gasteiger partial charge in [-0.3, -0.25) is 0 Å². The van der Waals surface area contributed by atoms with Gasteiger partial charge in [-0.2, -0.15) is 0 Å². The zero-order valence-electron chi connectivity index (χ0n) is 22.3. The van der Waals surface area contributed by atoms with E-state index in [9.17, 15) is 0 Å². The van der Waals surface area contributed by atoms with Crippen LogP contribution in [0.4, 0.5) is 0 Å². The Labute approximate surface area is 221 Å². The summed E-state index contributed by atoms with van der Waals surface area (Å²) in [6.07, 6.45) is 1.74. The fraction of sp³-hybridized carbons (Fsp3) is 0.419. The summed E-state index contributed by atoms with van der Waals surface area (Å²) in [5.74, 6) is 2.72. The van der Waals surface area contributed by atoms with Gasteiger partial charge in [-0.15, -0.1) is 0 Å². The number of benzene rings is 3. The summed E-state index contributed by atoms with van der Waals surface area (Å²) in [5, 5.41) is 1.64. The van der Waals surface area contributed by atoms with Crippen LogP contribution in [0.1, 0.15) is 84.4 Å². The van der Waals surface area contributed by atoms with E-state index in [0.29, 0.717) is 11.8 Å². The predicted molar refractivity (Wildman–Crippen MR) is 150 cm³/mol. The first-order valence-electron chi connectivity index (χ1n) is 12.4. The zero-order chi connectivity index (χ0) is 25.9. The van der Waals surface area contributed by atoms with E-state index in [4.69, 9.17) is 32.7 Å². The largest absolute Gasteiger partial charge is 0.496 e. The number of methoxy groups -OCH3 is 2. The van der Waals surface area contributed by atoms with Crippen LogP contribution in [-0.4, -0.2) is 14.2 Å². The standard InChI is InChI=1S/C31H38Cl2O2/c1-18(2)30-29(34-7)13-12-23(31(30)35-8)14-20(4)26-17-28(33)24(16-21(26)5)15-19(3)25-10-9-11-27(32)22(25)6/h9-13,16-20H,14-15H2,1-8H3. The summed E-state index contributed by atoms with van der Waals surface area (Å²) >= 11 is 13.2. The molecule has 4 heteroatoms. The minimum absolute atomic E-state index is 0.288. The molecule has 188 valence electrons. The molecule has 3 aromatic carbocycles. The van der Waals surface area contributed by atoms with Crippen LogP contribution in [0.2, 0.25) is 10.0 Å². The van der Waals surface area contributed by atoms with E-state index < -0.39 is 0 Å². The molecule has 0 saturated carbocycles. The molecule has 2 unspecified atom stereocenters. The molecule has 0 radical (unpaired) electrons. The van der Waals surface area contributed by atoms with Crippen LogP contribution in [0, 0.1) is 13.8 Å². The number of ether oxygens (including phenoxy) is 2. The third-order valence-corrected chi connectivity index (χ3v) is 7.86. The number of hydrogen-bond acceptors (Lipinski definition) is 2. The van der Waals surface area contributed by atoms with Gasteiger partial charge in [0, 0.05) is 15.6 Å². The highest BCUT2D eigenvalue weighted by atomic mass is 35.5. The Morgan fingerprint density at radius 1 is 0.743 bits per heavy atom. The maximum Gasteiger partial charge on any atom is 0.129 e. The highest BCUT2D eigenvalue weighted by molar-refractivity contribution is 6.31. The first kappa shape index (κ1) is 27.4. The lowest BCUT2D eigenvalue weighted by Crippen LogP contribution is -2.07. The van der Waals surface area contributed by atoms with Gasteiger partial charge in [0.25, 0.3) is 0 Å². The van der Waals surface area contributed by atoms with Gasteiger partial charge in [-0.05, 0) is 96.0 Å². The van der Waals surface area contributed by atoms with Gasteiger partial charge in [0.05, 0.1) is 14.2 Å². The molecule has 3 aromatic rings. The van der Waals surface area contributed by atoms with Crippen molar-refractivity contribution in [3.8, 4) is 11.5 Å².